The lowest BCUT2D eigenvalue weighted by atomic mass is 10.0. The fourth-order valence-electron chi connectivity index (χ4n) is 3.73. The predicted octanol–water partition coefficient (Wildman–Crippen LogP) is 4.89. The topological polar surface area (TPSA) is 50.2 Å². The van der Waals surface area contributed by atoms with E-state index >= 15 is 0 Å². The maximum Gasteiger partial charge on any atom is 0.285 e. The van der Waals surface area contributed by atoms with Crippen molar-refractivity contribution in [2.75, 3.05) is 13.1 Å². The van der Waals surface area contributed by atoms with Gasteiger partial charge in [-0.1, -0.05) is 49.2 Å². The number of hydrogen-bond donors (Lipinski definition) is 1. The van der Waals surface area contributed by atoms with Crippen LogP contribution in [0.25, 0.3) is 17.1 Å². The van der Waals surface area contributed by atoms with Crippen molar-refractivity contribution in [1.29, 1.82) is 0 Å². The van der Waals surface area contributed by atoms with Crippen LogP contribution in [0.5, 0.6) is 0 Å². The summed E-state index contributed by atoms with van der Waals surface area (Å²) >= 11 is 6.07. The van der Waals surface area contributed by atoms with Gasteiger partial charge in [0.25, 0.3) is 5.91 Å². The van der Waals surface area contributed by atoms with Crippen molar-refractivity contribution in [3.8, 4) is 17.1 Å². The quantitative estimate of drug-likeness (QED) is 0.654. The van der Waals surface area contributed by atoms with Gasteiger partial charge in [-0.25, -0.2) is 9.99 Å². The van der Waals surface area contributed by atoms with E-state index in [9.17, 15) is 4.79 Å². The van der Waals surface area contributed by atoms with Crippen LogP contribution in [0.2, 0.25) is 5.02 Å². The third-order valence-corrected chi connectivity index (χ3v) is 5.55. The first-order valence-corrected chi connectivity index (χ1v) is 10.5. The van der Waals surface area contributed by atoms with Gasteiger partial charge >= 0.3 is 0 Å². The first-order chi connectivity index (χ1) is 14.2. The van der Waals surface area contributed by atoms with Crippen molar-refractivity contribution in [3.63, 3.8) is 0 Å². The third kappa shape index (κ3) is 4.36. The standard InChI is InChI=1S/C23H25ClN4O/c1-2-17-8-4-5-9-20(17)22-25-21(23(29)26-27-14-6-3-7-15-27)16-28(22)19-12-10-18(24)11-13-19/h4-5,8-13,16H,2-3,6-7,14-15H2,1H3,(H,26,29). The molecule has 3 aromatic rings. The highest BCUT2D eigenvalue weighted by Crippen LogP contribution is 2.27. The van der Waals surface area contributed by atoms with Gasteiger partial charge in [0.05, 0.1) is 0 Å². The number of carbonyl (C=O) groups excluding carboxylic acids is 1. The van der Waals surface area contributed by atoms with Crippen molar-refractivity contribution in [1.82, 2.24) is 20.0 Å². The Balaban J connectivity index is 1.74. The average Bonchev–Trinajstić information content (AvgIpc) is 3.20. The van der Waals surface area contributed by atoms with Gasteiger partial charge in [-0.3, -0.25) is 14.8 Å². The summed E-state index contributed by atoms with van der Waals surface area (Å²) in [5.74, 6) is 0.586. The Morgan fingerprint density at radius 2 is 1.79 bits per heavy atom. The van der Waals surface area contributed by atoms with E-state index in [1.54, 1.807) is 0 Å². The first kappa shape index (κ1) is 19.7. The molecule has 1 N–H and O–H groups in total. The largest absolute Gasteiger partial charge is 0.299 e. The number of rotatable bonds is 5. The molecule has 0 spiro atoms. The third-order valence-electron chi connectivity index (χ3n) is 5.30. The van der Waals surface area contributed by atoms with Crippen LogP contribution in [-0.2, 0) is 6.42 Å². The number of piperidine rings is 1. The fraction of sp³-hybridized carbons (Fsp3) is 0.304. The minimum absolute atomic E-state index is 0.171. The average molecular weight is 409 g/mol. The second kappa shape index (κ2) is 8.80. The molecule has 2 heterocycles. The van der Waals surface area contributed by atoms with Crippen molar-refractivity contribution >= 4 is 17.5 Å². The van der Waals surface area contributed by atoms with Crippen LogP contribution in [0, 0.1) is 0 Å². The first-order valence-electron chi connectivity index (χ1n) is 10.1. The van der Waals surface area contributed by atoms with Gasteiger partial charge in [0, 0.05) is 35.6 Å². The molecule has 1 amide bonds. The summed E-state index contributed by atoms with van der Waals surface area (Å²) in [4.78, 5) is 17.6. The Labute approximate surface area is 176 Å². The smallest absolute Gasteiger partial charge is 0.285 e. The lowest BCUT2D eigenvalue weighted by Gasteiger charge is -2.26. The van der Waals surface area contributed by atoms with Crippen molar-refractivity contribution in [3.05, 3.63) is 71.0 Å². The normalized spacial score (nSPS) is 14.7. The summed E-state index contributed by atoms with van der Waals surface area (Å²) in [6.45, 7) is 3.89. The molecule has 150 valence electrons. The van der Waals surface area contributed by atoms with E-state index in [1.165, 1.54) is 12.0 Å². The fourth-order valence-corrected chi connectivity index (χ4v) is 3.86. The summed E-state index contributed by atoms with van der Waals surface area (Å²) in [6.07, 6.45) is 6.13. The molecule has 0 unspecified atom stereocenters. The molecule has 1 aromatic heterocycles. The van der Waals surface area contributed by atoms with Gasteiger partial charge in [0.1, 0.15) is 11.5 Å². The minimum atomic E-state index is -0.171. The van der Waals surface area contributed by atoms with Gasteiger partial charge in [0.2, 0.25) is 0 Å². The van der Waals surface area contributed by atoms with Crippen LogP contribution in [0.15, 0.2) is 54.7 Å². The Hall–Kier alpha value is -2.63. The number of amides is 1. The van der Waals surface area contributed by atoms with E-state index in [1.807, 2.05) is 52.2 Å². The summed E-state index contributed by atoms with van der Waals surface area (Å²) in [5.41, 5.74) is 6.56. The second-order valence-electron chi connectivity index (χ2n) is 7.30. The van der Waals surface area contributed by atoms with Gasteiger partial charge in [-0.2, -0.15) is 0 Å². The zero-order chi connectivity index (χ0) is 20.2. The van der Waals surface area contributed by atoms with Crippen LogP contribution in [0.1, 0.15) is 42.2 Å². The van der Waals surface area contributed by atoms with Gasteiger partial charge in [-0.15, -0.1) is 0 Å². The molecule has 1 aliphatic rings. The molecule has 0 aliphatic carbocycles. The molecule has 1 saturated heterocycles. The molecule has 6 heteroatoms. The number of imidazole rings is 1. The lowest BCUT2D eigenvalue weighted by Crippen LogP contribution is -2.45. The number of hydrogen-bond acceptors (Lipinski definition) is 3. The molecule has 0 saturated carbocycles. The number of aromatic nitrogens is 2. The zero-order valence-electron chi connectivity index (χ0n) is 16.6. The Morgan fingerprint density at radius 3 is 2.52 bits per heavy atom. The van der Waals surface area contributed by atoms with Gasteiger partial charge < -0.3 is 0 Å². The van der Waals surface area contributed by atoms with Gasteiger partial charge in [-0.05, 0) is 49.1 Å². The van der Waals surface area contributed by atoms with E-state index < -0.39 is 0 Å². The second-order valence-corrected chi connectivity index (χ2v) is 7.73. The molecule has 0 radical (unpaired) electrons. The van der Waals surface area contributed by atoms with Crippen molar-refractivity contribution in [2.45, 2.75) is 32.6 Å². The molecule has 1 fully saturated rings. The number of benzene rings is 2. The van der Waals surface area contributed by atoms with Crippen LogP contribution in [0.3, 0.4) is 0 Å². The maximum absolute atomic E-state index is 12.9. The molecular formula is C23H25ClN4O. The number of nitrogens with one attached hydrogen (secondary N) is 1. The van der Waals surface area contributed by atoms with E-state index in [0.717, 1.165) is 49.4 Å². The molecule has 0 atom stereocenters. The summed E-state index contributed by atoms with van der Waals surface area (Å²) in [5, 5.41) is 2.67. The summed E-state index contributed by atoms with van der Waals surface area (Å²) in [7, 11) is 0. The highest BCUT2D eigenvalue weighted by Gasteiger charge is 2.20. The molecular weight excluding hydrogens is 384 g/mol. The SMILES string of the molecule is CCc1ccccc1-c1nc(C(=O)NN2CCCCC2)cn1-c1ccc(Cl)cc1. The van der Waals surface area contributed by atoms with Crippen LogP contribution < -0.4 is 5.43 Å². The number of nitrogens with zero attached hydrogens (tertiary/aromatic N) is 3. The van der Waals surface area contributed by atoms with E-state index in [2.05, 4.69) is 24.5 Å². The highest BCUT2D eigenvalue weighted by atomic mass is 35.5. The Kier molecular flexibility index (Phi) is 5.97. The van der Waals surface area contributed by atoms with Gasteiger partial charge in [0.15, 0.2) is 0 Å². The molecule has 0 bridgehead atoms. The zero-order valence-corrected chi connectivity index (χ0v) is 17.3. The number of hydrazine groups is 1. The molecule has 5 nitrogen and oxygen atoms in total. The summed E-state index contributed by atoms with van der Waals surface area (Å²) in [6, 6.07) is 15.8. The van der Waals surface area contributed by atoms with Crippen LogP contribution in [-0.4, -0.2) is 33.6 Å². The van der Waals surface area contributed by atoms with Crippen LogP contribution >= 0.6 is 11.6 Å². The molecule has 29 heavy (non-hydrogen) atoms. The number of carbonyl (C=O) groups is 1. The number of halogens is 1. The Bertz CT molecular complexity index is 990. The predicted molar refractivity (Wildman–Crippen MR) is 116 cm³/mol. The monoisotopic (exact) mass is 408 g/mol. The highest BCUT2D eigenvalue weighted by molar-refractivity contribution is 6.30. The van der Waals surface area contributed by atoms with Crippen molar-refractivity contribution in [2.24, 2.45) is 0 Å². The van der Waals surface area contributed by atoms with Crippen LogP contribution in [0.4, 0.5) is 0 Å². The molecule has 2 aromatic carbocycles. The van der Waals surface area contributed by atoms with Crippen molar-refractivity contribution < 1.29 is 4.79 Å². The Morgan fingerprint density at radius 1 is 1.07 bits per heavy atom. The molecule has 4 rings (SSSR count). The van der Waals surface area contributed by atoms with E-state index in [0.29, 0.717) is 10.7 Å². The van der Waals surface area contributed by atoms with E-state index in [4.69, 9.17) is 16.6 Å². The lowest BCUT2D eigenvalue weighted by molar-refractivity contribution is 0.0745. The minimum Gasteiger partial charge on any atom is -0.299 e. The van der Waals surface area contributed by atoms with E-state index in [-0.39, 0.29) is 5.91 Å². The maximum atomic E-state index is 12.9. The molecule has 1 aliphatic heterocycles. The summed E-state index contributed by atoms with van der Waals surface area (Å²) < 4.78 is 1.97. The number of aryl methyl sites for hydroxylation is 1.